The summed E-state index contributed by atoms with van der Waals surface area (Å²) in [6, 6.07) is 7.64. The number of rotatable bonds is 8. The summed E-state index contributed by atoms with van der Waals surface area (Å²) in [6.45, 7) is 6.27. The molecule has 31 heavy (non-hydrogen) atoms. The predicted molar refractivity (Wildman–Crippen MR) is 120 cm³/mol. The van der Waals surface area contributed by atoms with Crippen molar-refractivity contribution >= 4 is 39.1 Å². The number of hydrogen-bond donors (Lipinski definition) is 0. The number of ether oxygens (including phenoxy) is 2. The van der Waals surface area contributed by atoms with E-state index in [1.807, 2.05) is 38.1 Å². The average molecular weight is 444 g/mol. The smallest absolute Gasteiger partial charge is 0.348 e. The van der Waals surface area contributed by atoms with Gasteiger partial charge in [0.05, 0.1) is 18.3 Å². The number of hydrogen-bond acceptors (Lipinski definition) is 7. The van der Waals surface area contributed by atoms with Crippen molar-refractivity contribution in [2.45, 2.75) is 27.3 Å². The van der Waals surface area contributed by atoms with Crippen LogP contribution < -0.4 is 10.5 Å². The Kier molecular flexibility index (Phi) is 7.19. The summed E-state index contributed by atoms with van der Waals surface area (Å²) in [5.74, 6) is -0.736. The van der Waals surface area contributed by atoms with E-state index < -0.39 is 5.97 Å². The summed E-state index contributed by atoms with van der Waals surface area (Å²) < 4.78 is 11.3. The molecule has 2 aromatic heterocycles. The van der Waals surface area contributed by atoms with Crippen LogP contribution in [0.3, 0.4) is 0 Å². The first kappa shape index (κ1) is 22.6. The van der Waals surface area contributed by atoms with Gasteiger partial charge in [-0.1, -0.05) is 12.1 Å². The van der Waals surface area contributed by atoms with Gasteiger partial charge in [-0.2, -0.15) is 0 Å². The zero-order chi connectivity index (χ0) is 22.5. The van der Waals surface area contributed by atoms with Crippen LogP contribution in [0.1, 0.15) is 27.7 Å². The Morgan fingerprint density at radius 3 is 2.68 bits per heavy atom. The van der Waals surface area contributed by atoms with E-state index in [1.165, 1.54) is 18.0 Å². The molecule has 0 fully saturated rings. The van der Waals surface area contributed by atoms with Gasteiger partial charge in [0.25, 0.3) is 5.56 Å². The lowest BCUT2D eigenvalue weighted by Crippen LogP contribution is -2.36. The summed E-state index contributed by atoms with van der Waals surface area (Å²) >= 11 is 1.11. The molecule has 3 aromatic rings. The van der Waals surface area contributed by atoms with Gasteiger partial charge in [0.2, 0.25) is 5.91 Å². The molecule has 0 N–H and O–H groups in total. The lowest BCUT2D eigenvalue weighted by atomic mass is 10.2. The van der Waals surface area contributed by atoms with E-state index in [9.17, 15) is 14.4 Å². The Balaban J connectivity index is 1.88. The Bertz CT molecular complexity index is 1170. The second kappa shape index (κ2) is 9.84. The molecular formula is C22H25N3O5S. The van der Waals surface area contributed by atoms with Crippen LogP contribution in [0.5, 0.6) is 0 Å². The summed E-state index contributed by atoms with van der Waals surface area (Å²) in [7, 11) is 1.52. The van der Waals surface area contributed by atoms with Crippen LogP contribution in [0.4, 0.5) is 5.69 Å². The maximum absolute atomic E-state index is 13.1. The number of carbonyl (C=O) groups excluding carboxylic acids is 2. The molecule has 1 aromatic carbocycles. The van der Waals surface area contributed by atoms with Crippen molar-refractivity contribution < 1.29 is 19.1 Å². The van der Waals surface area contributed by atoms with E-state index in [0.717, 1.165) is 22.6 Å². The van der Waals surface area contributed by atoms with Crippen LogP contribution in [0.2, 0.25) is 0 Å². The molecule has 0 atom stereocenters. The normalized spacial score (nSPS) is 11.0. The van der Waals surface area contributed by atoms with Gasteiger partial charge in [0.15, 0.2) is 0 Å². The van der Waals surface area contributed by atoms with Crippen LogP contribution in [0.15, 0.2) is 35.4 Å². The number of fused-ring (bicyclic) bond motifs is 1. The number of carbonyl (C=O) groups is 2. The molecule has 0 saturated heterocycles. The number of anilines is 1. The quantitative estimate of drug-likeness (QED) is 0.393. The number of aryl methyl sites for hydroxylation is 2. The molecule has 0 aliphatic carbocycles. The third kappa shape index (κ3) is 4.83. The van der Waals surface area contributed by atoms with E-state index in [0.29, 0.717) is 27.2 Å². The molecule has 3 rings (SSSR count). The van der Waals surface area contributed by atoms with Crippen molar-refractivity contribution in [3.8, 4) is 0 Å². The number of amides is 1. The highest BCUT2D eigenvalue weighted by molar-refractivity contribution is 7.20. The number of thiophene rings is 1. The molecule has 0 radical (unpaired) electrons. The topological polar surface area (TPSA) is 90.7 Å². The van der Waals surface area contributed by atoms with Crippen molar-refractivity contribution in [1.82, 2.24) is 9.55 Å². The van der Waals surface area contributed by atoms with Crippen LogP contribution in [-0.2, 0) is 20.8 Å². The number of aromatic nitrogens is 2. The Morgan fingerprint density at radius 1 is 1.23 bits per heavy atom. The number of benzene rings is 1. The Labute approximate surface area is 184 Å². The second-order valence-electron chi connectivity index (χ2n) is 7.02. The zero-order valence-corrected chi connectivity index (χ0v) is 18.8. The summed E-state index contributed by atoms with van der Waals surface area (Å²) in [5.41, 5.74) is 1.97. The molecule has 0 aliphatic heterocycles. The van der Waals surface area contributed by atoms with Crippen molar-refractivity contribution in [3.63, 3.8) is 0 Å². The number of nitrogens with zero attached hydrogens (tertiary/aromatic N) is 3. The monoisotopic (exact) mass is 443 g/mol. The highest BCUT2D eigenvalue weighted by Gasteiger charge is 2.22. The minimum absolute atomic E-state index is 0.126. The van der Waals surface area contributed by atoms with E-state index in [2.05, 4.69) is 4.98 Å². The van der Waals surface area contributed by atoms with Crippen LogP contribution in [0, 0.1) is 13.8 Å². The van der Waals surface area contributed by atoms with Crippen molar-refractivity contribution in [2.75, 3.05) is 31.8 Å². The van der Waals surface area contributed by atoms with E-state index in [4.69, 9.17) is 9.47 Å². The van der Waals surface area contributed by atoms with Gasteiger partial charge in [0, 0.05) is 19.3 Å². The first-order valence-electron chi connectivity index (χ1n) is 9.89. The van der Waals surface area contributed by atoms with Crippen LogP contribution >= 0.6 is 11.3 Å². The fraction of sp³-hybridized carbons (Fsp3) is 0.364. The van der Waals surface area contributed by atoms with Gasteiger partial charge >= 0.3 is 5.97 Å². The summed E-state index contributed by atoms with van der Waals surface area (Å²) in [6.07, 6.45) is 1.35. The molecule has 0 saturated carbocycles. The van der Waals surface area contributed by atoms with Crippen molar-refractivity contribution in [2.24, 2.45) is 0 Å². The van der Waals surface area contributed by atoms with Gasteiger partial charge in [0.1, 0.15) is 22.9 Å². The standard InChI is InChI=1S/C22H25N3O5S/c1-5-25(16-8-6-7-14(2)11-16)17(26)12-24-13-23-20-18(21(24)27)15(3)19(31-20)22(28)30-10-9-29-4/h6-8,11,13H,5,9-10,12H2,1-4H3. The molecular weight excluding hydrogens is 418 g/mol. The first-order valence-corrected chi connectivity index (χ1v) is 10.7. The van der Waals surface area contributed by atoms with Gasteiger partial charge < -0.3 is 14.4 Å². The fourth-order valence-electron chi connectivity index (χ4n) is 3.28. The molecule has 0 unspecified atom stereocenters. The maximum Gasteiger partial charge on any atom is 0.348 e. The number of methoxy groups -OCH3 is 1. The maximum atomic E-state index is 13.1. The summed E-state index contributed by atoms with van der Waals surface area (Å²) in [4.78, 5) is 45.0. The summed E-state index contributed by atoms with van der Waals surface area (Å²) in [5, 5.41) is 0.331. The van der Waals surface area contributed by atoms with Crippen LogP contribution in [0.25, 0.3) is 10.2 Å². The minimum atomic E-state index is -0.517. The van der Waals surface area contributed by atoms with Gasteiger partial charge in [-0.15, -0.1) is 11.3 Å². The molecule has 0 aliphatic rings. The largest absolute Gasteiger partial charge is 0.459 e. The zero-order valence-electron chi connectivity index (χ0n) is 18.0. The van der Waals surface area contributed by atoms with E-state index >= 15 is 0 Å². The minimum Gasteiger partial charge on any atom is -0.459 e. The lowest BCUT2D eigenvalue weighted by Gasteiger charge is -2.22. The Hall–Kier alpha value is -3.04. The molecule has 9 heteroatoms. The van der Waals surface area contributed by atoms with E-state index in [1.54, 1.807) is 11.8 Å². The van der Waals surface area contributed by atoms with Gasteiger partial charge in [-0.3, -0.25) is 14.2 Å². The third-order valence-electron chi connectivity index (χ3n) is 4.86. The number of esters is 1. The number of likely N-dealkylation sites (N-methyl/N-ethyl adjacent to an activating group) is 1. The molecule has 1 amide bonds. The highest BCUT2D eigenvalue weighted by Crippen LogP contribution is 2.27. The van der Waals surface area contributed by atoms with Crippen molar-refractivity contribution in [3.05, 3.63) is 57.0 Å². The first-order chi connectivity index (χ1) is 14.9. The Morgan fingerprint density at radius 2 is 2.00 bits per heavy atom. The van der Waals surface area contributed by atoms with Crippen LogP contribution in [-0.4, -0.2) is 48.3 Å². The second-order valence-corrected chi connectivity index (χ2v) is 8.02. The molecule has 164 valence electrons. The lowest BCUT2D eigenvalue weighted by molar-refractivity contribution is -0.119. The van der Waals surface area contributed by atoms with Crippen molar-refractivity contribution in [1.29, 1.82) is 0 Å². The molecule has 0 bridgehead atoms. The SMILES string of the molecule is CCN(C(=O)Cn1cnc2sc(C(=O)OCCOC)c(C)c2c1=O)c1cccc(C)c1. The molecule has 8 nitrogen and oxygen atoms in total. The predicted octanol–water partition coefficient (Wildman–Crippen LogP) is 2.93. The molecule has 0 spiro atoms. The highest BCUT2D eigenvalue weighted by atomic mass is 32.1. The van der Waals surface area contributed by atoms with Gasteiger partial charge in [-0.05, 0) is 44.0 Å². The third-order valence-corrected chi connectivity index (χ3v) is 6.04. The van der Waals surface area contributed by atoms with Gasteiger partial charge in [-0.25, -0.2) is 9.78 Å². The van der Waals surface area contributed by atoms with E-state index in [-0.39, 0.29) is 31.2 Å². The average Bonchev–Trinajstić information content (AvgIpc) is 3.08. The molecule has 2 heterocycles. The fourth-order valence-corrected chi connectivity index (χ4v) is 4.31.